The van der Waals surface area contributed by atoms with Crippen LogP contribution in [0, 0.1) is 0 Å². The predicted octanol–water partition coefficient (Wildman–Crippen LogP) is 10.5. The molecule has 0 radical (unpaired) electrons. The summed E-state index contributed by atoms with van der Waals surface area (Å²) in [5.74, 6) is 2.41. The molecule has 0 aliphatic carbocycles. The number of unbranched alkanes of at least 4 members (excludes halogenated alkanes) is 9. The normalized spacial score (nSPS) is 10.9. The third-order valence-corrected chi connectivity index (χ3v) is 8.25. The second-order valence-corrected chi connectivity index (χ2v) is 12.0. The van der Waals surface area contributed by atoms with Gasteiger partial charge in [-0.3, -0.25) is 0 Å². The molecule has 0 saturated carbocycles. The molecule has 8 nitrogen and oxygen atoms in total. The lowest BCUT2D eigenvalue weighted by atomic mass is 10.1. The molecule has 49 heavy (non-hydrogen) atoms. The van der Waals surface area contributed by atoms with Crippen molar-refractivity contribution >= 4 is 5.97 Å². The topological polar surface area (TPSA) is 92.9 Å². The first-order chi connectivity index (χ1) is 24.1. The van der Waals surface area contributed by atoms with E-state index in [0.717, 1.165) is 29.7 Å². The van der Waals surface area contributed by atoms with Crippen molar-refractivity contribution in [2.24, 2.45) is 0 Å². The van der Waals surface area contributed by atoms with E-state index in [-0.39, 0.29) is 0 Å². The van der Waals surface area contributed by atoms with Crippen LogP contribution in [0.25, 0.3) is 22.9 Å². The van der Waals surface area contributed by atoms with E-state index in [1.165, 1.54) is 58.5 Å². The smallest absolute Gasteiger partial charge is 0.347 e. The highest BCUT2D eigenvalue weighted by atomic mass is 16.5. The van der Waals surface area contributed by atoms with E-state index in [4.69, 9.17) is 23.4 Å². The van der Waals surface area contributed by atoms with Gasteiger partial charge in [0.2, 0.25) is 11.8 Å². The van der Waals surface area contributed by atoms with Crippen LogP contribution in [-0.2, 0) is 6.61 Å². The lowest BCUT2D eigenvalue weighted by Crippen LogP contribution is -2.10. The molecule has 0 amide bonds. The van der Waals surface area contributed by atoms with E-state index in [0.29, 0.717) is 53.4 Å². The lowest BCUT2D eigenvalue weighted by molar-refractivity contribution is 0.0731. The number of hydrogen-bond donors (Lipinski definition) is 0. The van der Waals surface area contributed by atoms with Gasteiger partial charge >= 0.3 is 5.97 Å². The van der Waals surface area contributed by atoms with Gasteiger partial charge in [0.15, 0.2) is 0 Å². The molecule has 4 aromatic carbocycles. The lowest BCUT2D eigenvalue weighted by Gasteiger charge is -2.12. The Labute approximate surface area is 289 Å². The van der Waals surface area contributed by atoms with Crippen LogP contribution in [0.2, 0.25) is 0 Å². The highest BCUT2D eigenvalue weighted by Crippen LogP contribution is 2.29. The number of ether oxygens (including phenoxy) is 4. The van der Waals surface area contributed by atoms with Crippen LogP contribution in [0.4, 0.5) is 0 Å². The zero-order valence-corrected chi connectivity index (χ0v) is 28.6. The van der Waals surface area contributed by atoms with Crippen LogP contribution in [-0.4, -0.2) is 29.9 Å². The van der Waals surface area contributed by atoms with Crippen LogP contribution in [0.1, 0.15) is 87.1 Å². The van der Waals surface area contributed by atoms with E-state index in [1.54, 1.807) is 42.5 Å². The third-order valence-electron chi connectivity index (χ3n) is 8.25. The SMILES string of the molecule is CCCCCCCCCCCCOc1ccc(C(=O)Oc2ccc(-c3nnc(-c4ccc(OCc5ccccc5)cc4)o3)cc2)c(OC)c1. The minimum absolute atomic E-state index is 0.316. The molecule has 0 saturated heterocycles. The van der Waals surface area contributed by atoms with Gasteiger partial charge < -0.3 is 23.4 Å². The number of rotatable bonds is 20. The quantitative estimate of drug-likeness (QED) is 0.0462. The summed E-state index contributed by atoms with van der Waals surface area (Å²) in [7, 11) is 1.53. The molecule has 0 unspecified atom stereocenters. The summed E-state index contributed by atoms with van der Waals surface area (Å²) in [6.45, 7) is 3.38. The number of carbonyl (C=O) groups excluding carboxylic acids is 1. The highest BCUT2D eigenvalue weighted by Gasteiger charge is 2.17. The summed E-state index contributed by atoms with van der Waals surface area (Å²) in [6, 6.07) is 29.6. The molecule has 0 aliphatic heterocycles. The molecule has 0 aliphatic rings. The average Bonchev–Trinajstić information content (AvgIpc) is 3.64. The van der Waals surface area contributed by atoms with Crippen LogP contribution in [0.15, 0.2) is 101 Å². The average molecular weight is 663 g/mol. The molecule has 0 N–H and O–H groups in total. The van der Waals surface area contributed by atoms with Crippen molar-refractivity contribution in [2.75, 3.05) is 13.7 Å². The van der Waals surface area contributed by atoms with E-state index < -0.39 is 5.97 Å². The molecule has 0 fully saturated rings. The Morgan fingerprint density at radius 3 is 1.82 bits per heavy atom. The van der Waals surface area contributed by atoms with Gasteiger partial charge in [0.05, 0.1) is 13.7 Å². The number of hydrogen-bond acceptors (Lipinski definition) is 8. The number of benzene rings is 4. The van der Waals surface area contributed by atoms with Gasteiger partial charge in [-0.05, 0) is 72.6 Å². The molecule has 0 spiro atoms. The zero-order valence-electron chi connectivity index (χ0n) is 28.6. The molecular weight excluding hydrogens is 616 g/mol. The Morgan fingerprint density at radius 1 is 0.633 bits per heavy atom. The number of carbonyl (C=O) groups is 1. The van der Waals surface area contributed by atoms with Gasteiger partial charge in [-0.1, -0.05) is 95.0 Å². The standard InChI is InChI=1S/C41H46N2O6/c1-3-4-5-6-7-8-9-10-11-15-28-46-36-26-27-37(38(29-36)45-2)41(44)48-35-24-20-33(21-25-35)40-43-42-39(49-40)32-18-22-34(23-19-32)47-30-31-16-13-12-14-17-31/h12-14,16-27,29H,3-11,15,28,30H2,1-2H3. The molecule has 0 atom stereocenters. The van der Waals surface area contributed by atoms with Gasteiger partial charge in [-0.25, -0.2) is 4.79 Å². The first-order valence-electron chi connectivity index (χ1n) is 17.4. The molecular formula is C41H46N2O6. The maximum atomic E-state index is 13.0. The summed E-state index contributed by atoms with van der Waals surface area (Å²) < 4.78 is 28.9. The first-order valence-corrected chi connectivity index (χ1v) is 17.4. The van der Waals surface area contributed by atoms with E-state index in [1.807, 2.05) is 54.6 Å². The van der Waals surface area contributed by atoms with E-state index in [9.17, 15) is 4.79 Å². The minimum atomic E-state index is -0.526. The maximum absolute atomic E-state index is 13.0. The fourth-order valence-corrected chi connectivity index (χ4v) is 5.43. The first kappa shape index (κ1) is 35.2. The monoisotopic (exact) mass is 662 g/mol. The number of esters is 1. The summed E-state index contributed by atoms with van der Waals surface area (Å²) in [6.07, 6.45) is 12.7. The maximum Gasteiger partial charge on any atom is 0.347 e. The largest absolute Gasteiger partial charge is 0.496 e. The predicted molar refractivity (Wildman–Crippen MR) is 191 cm³/mol. The molecule has 5 rings (SSSR count). The zero-order chi connectivity index (χ0) is 34.1. The fraction of sp³-hybridized carbons (Fsp3) is 0.341. The van der Waals surface area contributed by atoms with Crippen molar-refractivity contribution in [3.8, 4) is 45.9 Å². The van der Waals surface area contributed by atoms with Gasteiger partial charge in [0.1, 0.15) is 35.2 Å². The van der Waals surface area contributed by atoms with Crippen LogP contribution in [0.3, 0.4) is 0 Å². The molecule has 1 heterocycles. The molecule has 5 aromatic rings. The highest BCUT2D eigenvalue weighted by molar-refractivity contribution is 5.94. The Balaban J connectivity index is 1.07. The van der Waals surface area contributed by atoms with Gasteiger partial charge in [-0.15, -0.1) is 10.2 Å². The van der Waals surface area contributed by atoms with E-state index in [2.05, 4.69) is 17.1 Å². The van der Waals surface area contributed by atoms with Crippen molar-refractivity contribution in [1.82, 2.24) is 10.2 Å². The number of aromatic nitrogens is 2. The van der Waals surface area contributed by atoms with Crippen molar-refractivity contribution < 1.29 is 28.2 Å². The minimum Gasteiger partial charge on any atom is -0.496 e. The second-order valence-electron chi connectivity index (χ2n) is 12.0. The Kier molecular flexibility index (Phi) is 13.7. The summed E-state index contributed by atoms with van der Waals surface area (Å²) in [4.78, 5) is 13.0. The van der Waals surface area contributed by atoms with Gasteiger partial charge in [-0.2, -0.15) is 0 Å². The molecule has 256 valence electrons. The van der Waals surface area contributed by atoms with Crippen molar-refractivity contribution in [1.29, 1.82) is 0 Å². The summed E-state index contributed by atoms with van der Waals surface area (Å²) in [5.41, 5.74) is 2.89. The molecule has 0 bridgehead atoms. The fourth-order valence-electron chi connectivity index (χ4n) is 5.43. The van der Waals surface area contributed by atoms with Gasteiger partial charge in [0.25, 0.3) is 0 Å². The van der Waals surface area contributed by atoms with Crippen LogP contribution < -0.4 is 18.9 Å². The van der Waals surface area contributed by atoms with Crippen molar-refractivity contribution in [3.05, 3.63) is 108 Å². The van der Waals surface area contributed by atoms with Crippen LogP contribution in [0.5, 0.6) is 23.0 Å². The number of methoxy groups -OCH3 is 1. The van der Waals surface area contributed by atoms with Crippen molar-refractivity contribution in [3.63, 3.8) is 0 Å². The van der Waals surface area contributed by atoms with Crippen molar-refractivity contribution in [2.45, 2.75) is 77.7 Å². The number of nitrogens with zero attached hydrogens (tertiary/aromatic N) is 2. The second kappa shape index (κ2) is 19.0. The Hall–Kier alpha value is -5.11. The third kappa shape index (κ3) is 11.0. The molecule has 1 aromatic heterocycles. The Morgan fingerprint density at radius 2 is 1.20 bits per heavy atom. The van der Waals surface area contributed by atoms with Gasteiger partial charge in [0, 0.05) is 17.2 Å². The van der Waals surface area contributed by atoms with Crippen LogP contribution >= 0.6 is 0 Å². The Bertz CT molecular complexity index is 1700. The molecule has 8 heteroatoms. The summed E-state index contributed by atoms with van der Waals surface area (Å²) >= 11 is 0. The summed E-state index contributed by atoms with van der Waals surface area (Å²) in [5, 5.41) is 8.41. The van der Waals surface area contributed by atoms with E-state index >= 15 is 0 Å².